The number of ether oxygens (including phenoxy) is 4. The van der Waals surface area contributed by atoms with Crippen molar-refractivity contribution in [2.75, 3.05) is 42.7 Å². The Hall–Kier alpha value is -2.02. The average molecular weight is 791 g/mol. The summed E-state index contributed by atoms with van der Waals surface area (Å²) in [4.78, 5) is 28.2. The predicted octanol–water partition coefficient (Wildman–Crippen LogP) is 8.23. The number of esters is 2. The number of carboxylic acid groups (broad SMARTS) is 1. The van der Waals surface area contributed by atoms with E-state index in [2.05, 4.69) is 31.2 Å². The van der Waals surface area contributed by atoms with Crippen LogP contribution in [-0.2, 0) is 33.3 Å². The molecule has 6 N–H and O–H groups in total. The molecule has 0 unspecified atom stereocenters. The third kappa shape index (κ3) is 2080. The molecule has 0 rings (SSSR count). The quantitative estimate of drug-likeness (QED) is 0.0840. The van der Waals surface area contributed by atoms with Crippen LogP contribution in [-0.4, -0.2) is 116 Å². The number of halogens is 3. The Bertz CT molecular complexity index is 422. The molecule has 0 heterocycles. The number of thiocarbonyl (C=S) groups is 1. The molecular formula is C32H87B2F3O13S. The van der Waals surface area contributed by atoms with Gasteiger partial charge in [-0.2, -0.15) is 8.78 Å². The third-order valence-electron chi connectivity index (χ3n) is 1.22. The lowest BCUT2D eigenvalue weighted by Gasteiger charge is -2.03. The zero-order valence-electron chi connectivity index (χ0n) is 37.7. The molecule has 0 atom stereocenters. The van der Waals surface area contributed by atoms with Gasteiger partial charge < -0.3 is 49.3 Å². The van der Waals surface area contributed by atoms with Crippen LogP contribution in [0.1, 0.15) is 132 Å². The molecule has 0 bridgehead atoms. The Morgan fingerprint density at radius 3 is 0.608 bits per heavy atom. The van der Waals surface area contributed by atoms with Gasteiger partial charge >= 0.3 is 32.3 Å². The van der Waals surface area contributed by atoms with Gasteiger partial charge in [-0.1, -0.05) is 96.9 Å². The van der Waals surface area contributed by atoms with Crippen molar-refractivity contribution in [1.29, 1.82) is 0 Å². The van der Waals surface area contributed by atoms with Crippen molar-refractivity contribution in [1.82, 2.24) is 0 Å². The summed E-state index contributed by atoms with van der Waals surface area (Å²) in [5.74, 6) is -1.32. The lowest BCUT2D eigenvalue weighted by molar-refractivity contribution is -0.205. The SMILES string of the molecule is CB(O)O.CB(O)O.CC.CC.CC.CC.CC.CC.CC.CC(=O)O.CF.CO.COC(C)(F)F.COC(C)=O.COC(C)=O.COC(C)=S. The van der Waals surface area contributed by atoms with E-state index in [1.807, 2.05) is 96.9 Å². The summed E-state index contributed by atoms with van der Waals surface area (Å²) in [6, 6.07) is 0. The minimum atomic E-state index is -2.96. The van der Waals surface area contributed by atoms with Crippen LogP contribution in [0.25, 0.3) is 0 Å². The molecule has 0 aromatic heterocycles. The van der Waals surface area contributed by atoms with Gasteiger partial charge in [0.2, 0.25) is 0 Å². The van der Waals surface area contributed by atoms with Gasteiger partial charge in [0.15, 0.2) is 5.05 Å². The highest BCUT2D eigenvalue weighted by Crippen LogP contribution is 2.09. The summed E-state index contributed by atoms with van der Waals surface area (Å²) in [6.45, 7) is 36.8. The van der Waals surface area contributed by atoms with Gasteiger partial charge in [-0.3, -0.25) is 18.8 Å². The van der Waals surface area contributed by atoms with Crippen LogP contribution in [0.3, 0.4) is 0 Å². The Labute approximate surface area is 319 Å². The number of carbonyl (C=O) groups is 3. The van der Waals surface area contributed by atoms with Gasteiger partial charge in [-0.25, -0.2) is 0 Å². The van der Waals surface area contributed by atoms with Crippen LogP contribution < -0.4 is 0 Å². The molecule has 0 spiro atoms. The number of carbonyl (C=O) groups excluding carboxylic acids is 2. The zero-order chi connectivity index (χ0) is 46.8. The van der Waals surface area contributed by atoms with Gasteiger partial charge in [-0.15, -0.1) is 0 Å². The predicted molar refractivity (Wildman–Crippen MR) is 218 cm³/mol. The molecule has 0 radical (unpaired) electrons. The van der Waals surface area contributed by atoms with Gasteiger partial charge in [0, 0.05) is 48.8 Å². The van der Waals surface area contributed by atoms with Crippen LogP contribution in [0.4, 0.5) is 13.2 Å². The number of hydrogen-bond acceptors (Lipinski definition) is 13. The first-order valence-corrected chi connectivity index (χ1v) is 16.8. The number of aliphatic hydroxyl groups is 1. The molecule has 326 valence electrons. The number of alkyl halides is 3. The van der Waals surface area contributed by atoms with E-state index in [0.29, 0.717) is 19.2 Å². The van der Waals surface area contributed by atoms with E-state index >= 15 is 0 Å². The molecular weight excluding hydrogens is 703 g/mol. The fourth-order valence-corrected chi connectivity index (χ4v) is 0. The number of rotatable bonds is 1. The Morgan fingerprint density at radius 1 is 0.549 bits per heavy atom. The van der Waals surface area contributed by atoms with E-state index in [4.69, 9.17) is 35.1 Å². The molecule has 51 heavy (non-hydrogen) atoms. The first kappa shape index (κ1) is 104. The summed E-state index contributed by atoms with van der Waals surface area (Å²) in [7, 11) is 4.38. The summed E-state index contributed by atoms with van der Waals surface area (Å²) in [5.41, 5.74) is 0. The molecule has 0 aliphatic heterocycles. The summed E-state index contributed by atoms with van der Waals surface area (Å²) >= 11 is 4.47. The molecule has 0 fully saturated rings. The number of hydrogen-bond donors (Lipinski definition) is 6. The summed E-state index contributed by atoms with van der Waals surface area (Å²) in [6.07, 6.45) is -2.96. The monoisotopic (exact) mass is 791 g/mol. The Morgan fingerprint density at radius 2 is 0.608 bits per heavy atom. The fraction of sp³-hybridized carbons (Fsp3) is 0.875. The maximum atomic E-state index is 11.2. The van der Waals surface area contributed by atoms with E-state index in [0.717, 1.165) is 21.1 Å². The largest absolute Gasteiger partial charge is 0.491 e. The van der Waals surface area contributed by atoms with E-state index in [1.165, 1.54) is 41.7 Å². The lowest BCUT2D eigenvalue weighted by Crippen LogP contribution is -2.10. The molecule has 0 saturated heterocycles. The second-order valence-electron chi connectivity index (χ2n) is 4.88. The molecule has 13 nitrogen and oxygen atoms in total. The summed E-state index contributed by atoms with van der Waals surface area (Å²) < 4.78 is 48.3. The average Bonchev–Trinajstić information content (AvgIpc) is 3.12. The standard InChI is InChI=1S/C3H6F2O.2C3H6O2.C3H6OS.C2H4O2.7C2H6.2CH5BO2.CH3F.CH4O/c1-3(4,5)6-2;2*1-3(4)5-2;1-3(5)4-2;1-2(3)4;7*1-2;2*1-2(3)4;2*1-2/h1-2H3;3*1-2H3;1H3,(H,3,4);7*1-2H3;2*3-4H,1H3;1H3;2H,1H3. The van der Waals surface area contributed by atoms with Crippen molar-refractivity contribution in [3.63, 3.8) is 0 Å². The second-order valence-corrected chi connectivity index (χ2v) is 5.46. The van der Waals surface area contributed by atoms with Crippen molar-refractivity contribution in [3.05, 3.63) is 0 Å². The fourth-order valence-electron chi connectivity index (χ4n) is 0. The molecule has 0 amide bonds. The van der Waals surface area contributed by atoms with Gasteiger partial charge in [0.1, 0.15) is 0 Å². The van der Waals surface area contributed by atoms with Gasteiger partial charge in [-0.05, 0) is 25.9 Å². The number of aliphatic hydroxyl groups excluding tert-OH is 1. The van der Waals surface area contributed by atoms with Crippen LogP contribution >= 0.6 is 12.2 Å². The highest BCUT2D eigenvalue weighted by Gasteiger charge is 2.17. The molecule has 0 aromatic carbocycles. The number of methoxy groups -OCH3 is 4. The van der Waals surface area contributed by atoms with Crippen LogP contribution in [0.5, 0.6) is 0 Å². The van der Waals surface area contributed by atoms with Crippen LogP contribution in [0.15, 0.2) is 0 Å². The molecule has 0 aromatic rings. The summed E-state index contributed by atoms with van der Waals surface area (Å²) in [5, 5.41) is 45.4. The van der Waals surface area contributed by atoms with Crippen molar-refractivity contribution in [2.45, 2.75) is 151 Å². The molecule has 0 aliphatic rings. The maximum Gasteiger partial charge on any atom is 0.448 e. The third-order valence-corrected chi connectivity index (χ3v) is 1.39. The highest BCUT2D eigenvalue weighted by molar-refractivity contribution is 7.80. The van der Waals surface area contributed by atoms with Crippen molar-refractivity contribution in [3.8, 4) is 0 Å². The second kappa shape index (κ2) is 157. The smallest absolute Gasteiger partial charge is 0.448 e. The number of aliphatic carboxylic acids is 1. The number of carboxylic acids is 1. The molecule has 0 saturated carbocycles. The van der Waals surface area contributed by atoms with E-state index in [-0.39, 0.29) is 11.9 Å². The van der Waals surface area contributed by atoms with Crippen molar-refractivity contribution >= 4 is 49.4 Å². The van der Waals surface area contributed by atoms with Crippen LogP contribution in [0, 0.1) is 0 Å². The molecule has 0 aliphatic carbocycles. The maximum absolute atomic E-state index is 11.2. The Kier molecular flexibility index (Phi) is 319. The first-order chi connectivity index (χ1) is 23.6. The van der Waals surface area contributed by atoms with Crippen LogP contribution in [0.2, 0.25) is 13.6 Å². The molecule has 19 heteroatoms. The van der Waals surface area contributed by atoms with E-state index in [9.17, 15) is 22.8 Å². The van der Waals surface area contributed by atoms with E-state index in [1.54, 1.807) is 14.0 Å². The van der Waals surface area contributed by atoms with Gasteiger partial charge in [0.05, 0.1) is 28.5 Å². The zero-order valence-corrected chi connectivity index (χ0v) is 38.6. The topological polar surface area (TPSA) is 210 Å². The Balaban J connectivity index is -0.0000000187. The van der Waals surface area contributed by atoms with Crippen molar-refractivity contribution < 1.29 is 76.8 Å². The highest BCUT2D eigenvalue weighted by atomic mass is 32.1. The minimum Gasteiger partial charge on any atom is -0.491 e. The van der Waals surface area contributed by atoms with Crippen molar-refractivity contribution in [2.24, 2.45) is 0 Å². The minimum absolute atomic E-state index is 0.245. The van der Waals surface area contributed by atoms with Gasteiger partial charge in [0.25, 0.3) is 5.97 Å². The normalized spacial score (nSPS) is 6.02. The van der Waals surface area contributed by atoms with E-state index < -0.39 is 26.3 Å². The lowest BCUT2D eigenvalue weighted by atomic mass is 9.99. The first-order valence-electron chi connectivity index (χ1n) is 16.4.